The normalized spacial score (nSPS) is 11.8. The van der Waals surface area contributed by atoms with Crippen molar-refractivity contribution in [2.24, 2.45) is 0 Å². The van der Waals surface area contributed by atoms with Gasteiger partial charge in [-0.3, -0.25) is 0 Å². The van der Waals surface area contributed by atoms with Crippen LogP contribution in [0.4, 0.5) is 0 Å². The maximum atomic E-state index is 5.96. The molecule has 2 rings (SSSR count). The smallest absolute Gasteiger partial charge is 0.373 e. The van der Waals surface area contributed by atoms with Crippen LogP contribution in [-0.2, 0) is 9.47 Å². The van der Waals surface area contributed by atoms with Crippen molar-refractivity contribution in [3.05, 3.63) is 83.6 Å². The van der Waals surface area contributed by atoms with Crippen molar-refractivity contribution < 1.29 is 14.0 Å². The number of hydrogen-bond acceptors (Lipinski definition) is 2. The lowest BCUT2D eigenvalue weighted by atomic mass is 9.96. The molecule has 0 aliphatic rings. The van der Waals surface area contributed by atoms with Gasteiger partial charge in [-0.1, -0.05) is 60.7 Å². The van der Waals surface area contributed by atoms with Crippen molar-refractivity contribution in [1.82, 2.24) is 0 Å². The van der Waals surface area contributed by atoms with E-state index in [1.165, 1.54) is 0 Å². The topological polar surface area (TPSA) is 21.5 Å². The third-order valence-electron chi connectivity index (χ3n) is 3.77. The fraction of sp³-hybridized carbons (Fsp3) is 0.261. The van der Waals surface area contributed by atoms with Gasteiger partial charge >= 0.3 is 5.90 Å². The zero-order valence-electron chi connectivity index (χ0n) is 16.1. The van der Waals surface area contributed by atoms with Gasteiger partial charge in [0, 0.05) is 5.57 Å². The summed E-state index contributed by atoms with van der Waals surface area (Å²) in [6, 6.07) is 20.6. The highest BCUT2D eigenvalue weighted by Gasteiger charge is 2.23. The fourth-order valence-corrected chi connectivity index (χ4v) is 2.63. The maximum absolute atomic E-state index is 5.96. The molecule has 0 atom stereocenters. The van der Waals surface area contributed by atoms with Gasteiger partial charge in [0.05, 0.1) is 13.2 Å². The van der Waals surface area contributed by atoms with E-state index in [0.717, 1.165) is 28.2 Å². The van der Waals surface area contributed by atoms with Crippen LogP contribution in [0.2, 0.25) is 0 Å². The largest absolute Gasteiger partial charge is 0.500 e. The molecular formula is C23H28NO2+. The second-order valence-corrected chi connectivity index (χ2v) is 5.95. The molecule has 0 amide bonds. The average Bonchev–Trinajstić information content (AvgIpc) is 2.67. The Morgan fingerprint density at radius 3 is 2.04 bits per heavy atom. The molecule has 0 aromatic heterocycles. The summed E-state index contributed by atoms with van der Waals surface area (Å²) in [6.07, 6.45) is 3.97. The Labute approximate surface area is 156 Å². The minimum Gasteiger partial charge on any atom is -0.500 e. The van der Waals surface area contributed by atoms with E-state index in [4.69, 9.17) is 9.47 Å². The van der Waals surface area contributed by atoms with E-state index in [9.17, 15) is 0 Å². The van der Waals surface area contributed by atoms with Crippen molar-refractivity contribution in [3.63, 3.8) is 0 Å². The first-order valence-corrected chi connectivity index (χ1v) is 8.99. The van der Waals surface area contributed by atoms with Crippen molar-refractivity contribution in [2.45, 2.75) is 13.8 Å². The summed E-state index contributed by atoms with van der Waals surface area (Å²) >= 11 is 0. The third-order valence-corrected chi connectivity index (χ3v) is 3.77. The summed E-state index contributed by atoms with van der Waals surface area (Å²) < 4.78 is 13.6. The van der Waals surface area contributed by atoms with Gasteiger partial charge in [0.15, 0.2) is 0 Å². The summed E-state index contributed by atoms with van der Waals surface area (Å²) in [6.45, 7) is 5.16. The Morgan fingerprint density at radius 1 is 0.885 bits per heavy atom. The first kappa shape index (κ1) is 19.5. The number of benzene rings is 2. The van der Waals surface area contributed by atoms with Gasteiger partial charge in [0.2, 0.25) is 0 Å². The molecule has 0 saturated heterocycles. The van der Waals surface area contributed by atoms with Crippen molar-refractivity contribution >= 4 is 17.5 Å². The van der Waals surface area contributed by atoms with E-state index in [2.05, 4.69) is 30.3 Å². The molecule has 3 nitrogen and oxygen atoms in total. The van der Waals surface area contributed by atoms with Crippen molar-refractivity contribution in [2.75, 3.05) is 27.3 Å². The van der Waals surface area contributed by atoms with E-state index in [1.807, 2.05) is 68.9 Å². The molecule has 26 heavy (non-hydrogen) atoms. The van der Waals surface area contributed by atoms with Gasteiger partial charge < -0.3 is 9.47 Å². The highest BCUT2D eigenvalue weighted by Crippen LogP contribution is 2.27. The second-order valence-electron chi connectivity index (χ2n) is 5.95. The Kier molecular flexibility index (Phi) is 7.69. The second kappa shape index (κ2) is 10.2. The molecule has 0 unspecified atom stereocenters. The molecule has 0 aliphatic carbocycles. The highest BCUT2D eigenvalue weighted by molar-refractivity contribution is 6.10. The van der Waals surface area contributed by atoms with Gasteiger partial charge in [-0.2, -0.15) is 0 Å². The lowest BCUT2D eigenvalue weighted by Crippen LogP contribution is -2.21. The molecule has 0 heterocycles. The number of ether oxygens (including phenoxy) is 2. The quantitative estimate of drug-likeness (QED) is 0.178. The third kappa shape index (κ3) is 5.35. The van der Waals surface area contributed by atoms with Crippen LogP contribution in [0, 0.1) is 0 Å². The van der Waals surface area contributed by atoms with Crippen LogP contribution in [0.5, 0.6) is 0 Å². The van der Waals surface area contributed by atoms with Crippen LogP contribution in [0.1, 0.15) is 25.0 Å². The molecule has 0 N–H and O–H groups in total. The van der Waals surface area contributed by atoms with E-state index in [-0.39, 0.29) is 0 Å². The fourth-order valence-electron chi connectivity index (χ4n) is 2.63. The first-order valence-electron chi connectivity index (χ1n) is 8.99. The van der Waals surface area contributed by atoms with Gasteiger partial charge in [0.1, 0.15) is 25.9 Å². The number of hydrogen-bond donors (Lipinski definition) is 0. The molecule has 0 aliphatic heterocycles. The van der Waals surface area contributed by atoms with Crippen LogP contribution in [-0.4, -0.2) is 37.8 Å². The average molecular weight is 350 g/mol. The van der Waals surface area contributed by atoms with Gasteiger partial charge in [0.25, 0.3) is 0 Å². The Morgan fingerprint density at radius 2 is 1.50 bits per heavy atom. The van der Waals surface area contributed by atoms with Crippen LogP contribution in [0.3, 0.4) is 0 Å². The van der Waals surface area contributed by atoms with Gasteiger partial charge in [-0.25, -0.2) is 4.58 Å². The molecule has 2 aromatic rings. The van der Waals surface area contributed by atoms with Crippen LogP contribution in [0.15, 0.2) is 72.5 Å². The molecular weight excluding hydrogens is 322 g/mol. The summed E-state index contributed by atoms with van der Waals surface area (Å²) in [5.41, 5.74) is 4.22. The van der Waals surface area contributed by atoms with Gasteiger partial charge in [-0.15, -0.1) is 0 Å². The maximum Gasteiger partial charge on any atom is 0.373 e. The number of nitrogens with zero attached hydrogens (tertiary/aromatic N) is 1. The zero-order chi connectivity index (χ0) is 18.8. The Bertz CT molecular complexity index is 770. The highest BCUT2D eigenvalue weighted by atomic mass is 16.5. The van der Waals surface area contributed by atoms with E-state index >= 15 is 0 Å². The standard InChI is InChI=1S/C23H28NO2/c1-5-25-18-22(23(24(3)4)26-6-2)21(20-15-11-8-12-16-20)17-19-13-9-7-10-14-19/h7-18H,5-6H2,1-4H3/q+1/b21-17-,22-18-. The summed E-state index contributed by atoms with van der Waals surface area (Å²) in [4.78, 5) is 0. The van der Waals surface area contributed by atoms with Crippen molar-refractivity contribution in [3.8, 4) is 0 Å². The molecule has 0 bridgehead atoms. The van der Waals surface area contributed by atoms with Gasteiger partial charge in [-0.05, 0) is 31.1 Å². The Balaban J connectivity index is 2.66. The van der Waals surface area contributed by atoms with E-state index in [0.29, 0.717) is 13.2 Å². The molecule has 136 valence electrons. The molecule has 3 heteroatoms. The van der Waals surface area contributed by atoms with Crippen LogP contribution < -0.4 is 0 Å². The molecule has 2 aromatic carbocycles. The van der Waals surface area contributed by atoms with E-state index in [1.54, 1.807) is 6.26 Å². The Hall–Kier alpha value is -2.81. The zero-order valence-corrected chi connectivity index (χ0v) is 16.1. The lowest BCUT2D eigenvalue weighted by molar-refractivity contribution is -0.473. The van der Waals surface area contributed by atoms with Crippen LogP contribution in [0.25, 0.3) is 11.6 Å². The summed E-state index contributed by atoms with van der Waals surface area (Å²) in [5, 5.41) is 0. The lowest BCUT2D eigenvalue weighted by Gasteiger charge is -2.14. The SMILES string of the molecule is CCO/C=C(C(OCC)=[N+](C)C)/C(=C\c1ccccc1)c1ccccc1. The molecule has 0 fully saturated rings. The molecule has 0 radical (unpaired) electrons. The minimum absolute atomic E-state index is 0.588. The van der Waals surface area contributed by atoms with Crippen molar-refractivity contribution in [1.29, 1.82) is 0 Å². The molecule has 0 saturated carbocycles. The van der Waals surface area contributed by atoms with Crippen LogP contribution >= 0.6 is 0 Å². The summed E-state index contributed by atoms with van der Waals surface area (Å²) in [7, 11) is 3.96. The minimum atomic E-state index is 0.588. The monoisotopic (exact) mass is 350 g/mol. The predicted octanol–water partition coefficient (Wildman–Crippen LogP) is 4.85. The number of rotatable bonds is 7. The molecule has 0 spiro atoms. The predicted molar refractivity (Wildman–Crippen MR) is 109 cm³/mol. The first-order chi connectivity index (χ1) is 12.7. The van der Waals surface area contributed by atoms with E-state index < -0.39 is 0 Å². The summed E-state index contributed by atoms with van der Waals surface area (Å²) in [5.74, 6) is 0.784.